The van der Waals surface area contributed by atoms with Crippen LogP contribution in [0.5, 0.6) is 0 Å². The Labute approximate surface area is 150 Å². The van der Waals surface area contributed by atoms with E-state index in [9.17, 15) is 13.2 Å². The van der Waals surface area contributed by atoms with Gasteiger partial charge in [-0.2, -0.15) is 5.10 Å². The predicted molar refractivity (Wildman–Crippen MR) is 96.5 cm³/mol. The third kappa shape index (κ3) is 2.93. The first-order valence-corrected chi connectivity index (χ1v) is 10.2. The molecule has 0 bridgehead atoms. The molecule has 4 rings (SSSR count). The van der Waals surface area contributed by atoms with Gasteiger partial charge in [-0.15, -0.1) is 0 Å². The van der Waals surface area contributed by atoms with Crippen LogP contribution in [0.3, 0.4) is 0 Å². The van der Waals surface area contributed by atoms with Gasteiger partial charge in [0.2, 0.25) is 15.0 Å². The first kappa shape index (κ1) is 16.9. The molecule has 0 radical (unpaired) electrons. The van der Waals surface area contributed by atoms with Crippen molar-refractivity contribution in [2.45, 2.75) is 24.7 Å². The quantitative estimate of drug-likeness (QED) is 0.676. The average Bonchev–Trinajstić information content (AvgIpc) is 2.91. The smallest absolute Gasteiger partial charge is 0.256 e. The molecule has 136 valence electrons. The van der Waals surface area contributed by atoms with Crippen molar-refractivity contribution in [1.29, 1.82) is 0 Å². The maximum atomic E-state index is 12.3. The normalized spacial score (nSPS) is 15.3. The second kappa shape index (κ2) is 6.03. The molecule has 0 amide bonds. The molecule has 1 aliphatic heterocycles. The molecule has 0 spiro atoms. The largest absolute Gasteiger partial charge is 0.297 e. The number of benzene rings is 1. The van der Waals surface area contributed by atoms with Crippen molar-refractivity contribution >= 4 is 20.7 Å². The Kier molecular flexibility index (Phi) is 3.92. The number of para-hydroxylation sites is 1. The molecule has 1 aliphatic rings. The van der Waals surface area contributed by atoms with Gasteiger partial charge >= 0.3 is 0 Å². The van der Waals surface area contributed by atoms with Crippen molar-refractivity contribution in [1.82, 2.24) is 24.6 Å². The Morgan fingerprint density at radius 3 is 2.81 bits per heavy atom. The van der Waals surface area contributed by atoms with Crippen LogP contribution in [-0.2, 0) is 36.4 Å². The molecule has 0 saturated carbocycles. The Balaban J connectivity index is 1.64. The van der Waals surface area contributed by atoms with Crippen LogP contribution in [0.1, 0.15) is 17.0 Å². The Morgan fingerprint density at radius 1 is 1.27 bits per heavy atom. The summed E-state index contributed by atoms with van der Waals surface area (Å²) >= 11 is 0. The fraction of sp³-hybridized carbons (Fsp3) is 0.353. The number of rotatable bonds is 3. The number of aromatic amines is 1. The van der Waals surface area contributed by atoms with Gasteiger partial charge in [-0.25, -0.2) is 13.4 Å². The highest BCUT2D eigenvalue weighted by atomic mass is 32.2. The monoisotopic (exact) mass is 373 g/mol. The van der Waals surface area contributed by atoms with Crippen molar-refractivity contribution in [3.8, 4) is 0 Å². The summed E-state index contributed by atoms with van der Waals surface area (Å²) in [5.74, 6) is 0. The van der Waals surface area contributed by atoms with E-state index < -0.39 is 9.84 Å². The number of H-pyrrole nitrogens is 1. The lowest BCUT2D eigenvalue weighted by molar-refractivity contribution is 0.238. The zero-order valence-corrected chi connectivity index (χ0v) is 15.4. The molecule has 8 nitrogen and oxygen atoms in total. The summed E-state index contributed by atoms with van der Waals surface area (Å²) in [5, 5.41) is 5.44. The highest BCUT2D eigenvalue weighted by Crippen LogP contribution is 2.22. The summed E-state index contributed by atoms with van der Waals surface area (Å²) in [6, 6.07) is 8.04. The number of aryl methyl sites for hydroxylation is 1. The van der Waals surface area contributed by atoms with Crippen LogP contribution in [-0.4, -0.2) is 45.9 Å². The van der Waals surface area contributed by atoms with Crippen molar-refractivity contribution in [2.75, 3.05) is 12.8 Å². The lowest BCUT2D eigenvalue weighted by atomic mass is 10.1. The summed E-state index contributed by atoms with van der Waals surface area (Å²) in [5.41, 5.74) is 2.74. The van der Waals surface area contributed by atoms with Gasteiger partial charge in [0.1, 0.15) is 0 Å². The Bertz CT molecular complexity index is 1160. The Hall–Kier alpha value is -2.52. The number of sulfone groups is 1. The maximum Gasteiger partial charge on any atom is 0.256 e. The van der Waals surface area contributed by atoms with Crippen LogP contribution in [0.25, 0.3) is 10.9 Å². The van der Waals surface area contributed by atoms with Crippen LogP contribution >= 0.6 is 0 Å². The first-order chi connectivity index (χ1) is 12.3. The van der Waals surface area contributed by atoms with Crippen LogP contribution in [0.4, 0.5) is 0 Å². The minimum Gasteiger partial charge on any atom is -0.297 e. The SMILES string of the molecule is Cn1nc(CN2CCc3nc(S(C)(=O)=O)[nH]c(=O)c3C2)c2ccccc21. The van der Waals surface area contributed by atoms with Crippen molar-refractivity contribution in [3.05, 3.63) is 51.6 Å². The highest BCUT2D eigenvalue weighted by Gasteiger charge is 2.24. The lowest BCUT2D eigenvalue weighted by Crippen LogP contribution is -2.36. The second-order valence-corrected chi connectivity index (χ2v) is 8.55. The minimum atomic E-state index is -3.54. The molecule has 26 heavy (non-hydrogen) atoms. The van der Waals surface area contributed by atoms with Crippen LogP contribution in [0.2, 0.25) is 0 Å². The molecule has 0 aliphatic carbocycles. The summed E-state index contributed by atoms with van der Waals surface area (Å²) in [6.45, 7) is 1.73. The molecule has 3 aromatic rings. The zero-order valence-electron chi connectivity index (χ0n) is 14.6. The maximum absolute atomic E-state index is 12.3. The number of nitrogens with zero attached hydrogens (tertiary/aromatic N) is 4. The van der Waals surface area contributed by atoms with Crippen molar-refractivity contribution in [3.63, 3.8) is 0 Å². The van der Waals surface area contributed by atoms with Gasteiger partial charge in [0.05, 0.1) is 22.5 Å². The third-order valence-electron chi connectivity index (χ3n) is 4.68. The molecule has 1 N–H and O–H groups in total. The summed E-state index contributed by atoms with van der Waals surface area (Å²) < 4.78 is 25.2. The predicted octanol–water partition coefficient (Wildman–Crippen LogP) is 0.618. The lowest BCUT2D eigenvalue weighted by Gasteiger charge is -2.27. The molecule has 2 aromatic heterocycles. The average molecular weight is 373 g/mol. The fourth-order valence-electron chi connectivity index (χ4n) is 3.39. The molecule has 1 aromatic carbocycles. The summed E-state index contributed by atoms with van der Waals surface area (Å²) in [6.07, 6.45) is 1.57. The van der Waals surface area contributed by atoms with Crippen LogP contribution in [0.15, 0.2) is 34.2 Å². The van der Waals surface area contributed by atoms with E-state index in [-0.39, 0.29) is 10.7 Å². The van der Waals surface area contributed by atoms with E-state index >= 15 is 0 Å². The van der Waals surface area contributed by atoms with Crippen LogP contribution in [0, 0.1) is 0 Å². The van der Waals surface area contributed by atoms with Gasteiger partial charge in [-0.1, -0.05) is 18.2 Å². The number of hydrogen-bond donors (Lipinski definition) is 1. The topological polar surface area (TPSA) is 101 Å². The molecular weight excluding hydrogens is 354 g/mol. The van der Waals surface area contributed by atoms with Crippen molar-refractivity contribution < 1.29 is 8.42 Å². The molecule has 0 atom stereocenters. The van der Waals surface area contributed by atoms with Gasteiger partial charge < -0.3 is 0 Å². The van der Waals surface area contributed by atoms with E-state index in [0.717, 1.165) is 22.9 Å². The van der Waals surface area contributed by atoms with E-state index in [0.29, 0.717) is 37.3 Å². The van der Waals surface area contributed by atoms with E-state index in [1.165, 1.54) is 0 Å². The van der Waals surface area contributed by atoms with E-state index in [1.807, 2.05) is 36.0 Å². The first-order valence-electron chi connectivity index (χ1n) is 8.28. The molecule has 0 unspecified atom stereocenters. The highest BCUT2D eigenvalue weighted by molar-refractivity contribution is 7.90. The minimum absolute atomic E-state index is 0.259. The van der Waals surface area contributed by atoms with Crippen molar-refractivity contribution in [2.24, 2.45) is 7.05 Å². The number of hydrogen-bond acceptors (Lipinski definition) is 6. The second-order valence-electron chi connectivity index (χ2n) is 6.62. The molecular formula is C17H19N5O3S. The van der Waals surface area contributed by atoms with Gasteiger partial charge in [0.15, 0.2) is 0 Å². The number of aromatic nitrogens is 4. The van der Waals surface area contributed by atoms with E-state index in [4.69, 9.17) is 0 Å². The third-order valence-corrected chi connectivity index (χ3v) is 5.58. The number of nitrogens with one attached hydrogen (secondary N) is 1. The zero-order chi connectivity index (χ0) is 18.5. The molecule has 3 heterocycles. The summed E-state index contributed by atoms with van der Waals surface area (Å²) in [4.78, 5) is 21.0. The van der Waals surface area contributed by atoms with Gasteiger partial charge in [-0.3, -0.25) is 19.4 Å². The van der Waals surface area contributed by atoms with Gasteiger partial charge in [0, 0.05) is 44.7 Å². The Morgan fingerprint density at radius 2 is 2.04 bits per heavy atom. The summed E-state index contributed by atoms with van der Waals surface area (Å²) in [7, 11) is -1.62. The fourth-order valence-corrected chi connectivity index (χ4v) is 3.94. The molecule has 0 fully saturated rings. The molecule has 0 saturated heterocycles. The van der Waals surface area contributed by atoms with Crippen LogP contribution < -0.4 is 5.56 Å². The van der Waals surface area contributed by atoms with Gasteiger partial charge in [0.25, 0.3) is 5.56 Å². The molecule has 9 heteroatoms. The van der Waals surface area contributed by atoms with E-state index in [1.54, 1.807) is 0 Å². The standard InChI is InChI=1S/C17H19N5O3S/c1-21-15-6-4-3-5-11(15)14(20-21)10-22-8-7-13-12(9-22)16(23)19-17(18-13)26(2,24)25/h3-6H,7-10H2,1-2H3,(H,18,19,23). The van der Waals surface area contributed by atoms with Gasteiger partial charge in [-0.05, 0) is 6.07 Å². The number of fused-ring (bicyclic) bond motifs is 2. The van der Waals surface area contributed by atoms with E-state index in [2.05, 4.69) is 20.0 Å².